The third-order valence-corrected chi connectivity index (χ3v) is 6.90. The van der Waals surface area contributed by atoms with E-state index in [0.29, 0.717) is 63.0 Å². The van der Waals surface area contributed by atoms with E-state index in [9.17, 15) is 9.59 Å². The highest BCUT2D eigenvalue weighted by molar-refractivity contribution is 6.32. The number of methoxy groups -OCH3 is 1. The number of ether oxygens (including phenoxy) is 1. The number of hydrogen-bond acceptors (Lipinski definition) is 8. The van der Waals surface area contributed by atoms with Gasteiger partial charge in [-0.05, 0) is 47.2 Å². The molecule has 39 heavy (non-hydrogen) atoms. The van der Waals surface area contributed by atoms with Crippen molar-refractivity contribution in [1.29, 1.82) is 0 Å². The number of aryl methyl sites for hydroxylation is 1. The molecule has 0 spiro atoms. The van der Waals surface area contributed by atoms with Crippen LogP contribution >= 0.6 is 23.2 Å². The number of nitrogens with one attached hydrogen (secondary N) is 2. The fourth-order valence-corrected chi connectivity index (χ4v) is 5.04. The van der Waals surface area contributed by atoms with Gasteiger partial charge >= 0.3 is 6.09 Å². The third-order valence-electron chi connectivity index (χ3n) is 6.39. The van der Waals surface area contributed by atoms with Crippen LogP contribution in [0.5, 0.6) is 0 Å². The maximum absolute atomic E-state index is 13.4. The highest BCUT2D eigenvalue weighted by Gasteiger charge is 2.30. The van der Waals surface area contributed by atoms with Gasteiger partial charge in [-0.1, -0.05) is 35.3 Å². The van der Waals surface area contributed by atoms with E-state index in [0.717, 1.165) is 5.56 Å². The Bertz CT molecular complexity index is 1750. The van der Waals surface area contributed by atoms with Gasteiger partial charge in [0.05, 0.1) is 24.5 Å². The minimum absolute atomic E-state index is 0.229. The zero-order valence-corrected chi connectivity index (χ0v) is 21.8. The summed E-state index contributed by atoms with van der Waals surface area (Å²) in [6.07, 6.45) is 2.08. The summed E-state index contributed by atoms with van der Waals surface area (Å²) in [5.74, 6) is 1.18. The summed E-state index contributed by atoms with van der Waals surface area (Å²) in [7, 11) is 1.29. The molecule has 0 radical (unpaired) electrons. The molecular formula is C25H19Cl2N9O3. The normalized spacial score (nSPS) is 14.3. The fraction of sp³-hybridized carbons (Fsp3) is 0.160. The number of fused-ring (bicyclic) bond motifs is 1. The molecule has 0 fully saturated rings. The summed E-state index contributed by atoms with van der Waals surface area (Å²) in [5, 5.41) is 14.8. The molecule has 1 aliphatic heterocycles. The number of nitrogens with zero attached hydrogens (tertiary/aromatic N) is 7. The maximum atomic E-state index is 13.4. The molecule has 6 rings (SSSR count). The van der Waals surface area contributed by atoms with Crippen LogP contribution in [0, 0.1) is 0 Å². The summed E-state index contributed by atoms with van der Waals surface area (Å²) < 4.78 is 7.73. The van der Waals surface area contributed by atoms with E-state index >= 15 is 0 Å². The van der Waals surface area contributed by atoms with Crippen LogP contribution < -0.4 is 10.9 Å². The van der Waals surface area contributed by atoms with Crippen LogP contribution in [0.3, 0.4) is 0 Å². The first-order valence-electron chi connectivity index (χ1n) is 11.8. The average Bonchev–Trinajstić information content (AvgIpc) is 3.69. The van der Waals surface area contributed by atoms with Crippen molar-refractivity contribution in [2.24, 2.45) is 0 Å². The Hall–Kier alpha value is -4.55. The van der Waals surface area contributed by atoms with Crippen molar-refractivity contribution < 1.29 is 9.53 Å². The zero-order valence-electron chi connectivity index (χ0n) is 20.3. The lowest BCUT2D eigenvalue weighted by Gasteiger charge is -2.14. The molecule has 2 aromatic carbocycles. The van der Waals surface area contributed by atoms with Gasteiger partial charge in [-0.3, -0.25) is 14.7 Å². The van der Waals surface area contributed by atoms with E-state index < -0.39 is 6.09 Å². The molecule has 3 aromatic heterocycles. The summed E-state index contributed by atoms with van der Waals surface area (Å²) >= 11 is 12.8. The van der Waals surface area contributed by atoms with Crippen LogP contribution in [0.25, 0.3) is 28.2 Å². The molecule has 2 N–H and O–H groups in total. The van der Waals surface area contributed by atoms with Gasteiger partial charge < -0.3 is 9.72 Å². The highest BCUT2D eigenvalue weighted by atomic mass is 35.5. The Morgan fingerprint density at radius 2 is 1.95 bits per heavy atom. The van der Waals surface area contributed by atoms with E-state index in [-0.39, 0.29) is 11.6 Å². The summed E-state index contributed by atoms with van der Waals surface area (Å²) in [6, 6.07) is 13.3. The summed E-state index contributed by atoms with van der Waals surface area (Å²) in [4.78, 5) is 37.5. The van der Waals surface area contributed by atoms with E-state index in [1.807, 2.05) is 0 Å². The van der Waals surface area contributed by atoms with Gasteiger partial charge in [0.25, 0.3) is 5.56 Å². The topological polar surface area (TPSA) is 146 Å². The molecule has 0 saturated carbocycles. The number of halogens is 2. The summed E-state index contributed by atoms with van der Waals surface area (Å²) in [5.41, 5.74) is 3.36. The lowest BCUT2D eigenvalue weighted by atomic mass is 10.1. The maximum Gasteiger partial charge on any atom is 0.411 e. The molecule has 1 aliphatic rings. The lowest BCUT2D eigenvalue weighted by molar-refractivity contribution is 0.187. The zero-order chi connectivity index (χ0) is 27.1. The second-order valence-electron chi connectivity index (χ2n) is 8.71. The molecule has 1 atom stereocenters. The Morgan fingerprint density at radius 1 is 1.13 bits per heavy atom. The van der Waals surface area contributed by atoms with Crippen LogP contribution in [0.4, 0.5) is 10.5 Å². The van der Waals surface area contributed by atoms with Crippen LogP contribution in [0.1, 0.15) is 24.1 Å². The van der Waals surface area contributed by atoms with Gasteiger partial charge in [-0.2, -0.15) is 4.68 Å². The van der Waals surface area contributed by atoms with Gasteiger partial charge in [-0.15, -0.1) is 5.10 Å². The quantitative estimate of drug-likeness (QED) is 0.322. The van der Waals surface area contributed by atoms with Gasteiger partial charge in [0.2, 0.25) is 0 Å². The first-order chi connectivity index (χ1) is 18.9. The molecular weight excluding hydrogens is 545 g/mol. The van der Waals surface area contributed by atoms with Crippen molar-refractivity contribution in [3.05, 3.63) is 87.0 Å². The first kappa shape index (κ1) is 24.8. The standard InChI is InChI=1S/C25H19Cl2N9O3/c1-39-25(38)29-15-5-2-13(3-6-15)22-23(27)32-24(31-22)19-8-9-20-30-17(11-21(37)36(19)20)16-10-14(26)4-7-18(16)35-12-28-33-34-35/h2-7,10-12,19H,8-9H2,1H3,(H,29,38)(H,31,32)/t19-/m0/s1. The highest BCUT2D eigenvalue weighted by Crippen LogP contribution is 2.35. The molecule has 0 aliphatic carbocycles. The Kier molecular flexibility index (Phi) is 6.33. The smallest absolute Gasteiger partial charge is 0.411 e. The number of aromatic nitrogens is 8. The fourth-order valence-electron chi connectivity index (χ4n) is 4.62. The molecule has 1 amide bonds. The Balaban J connectivity index is 1.33. The number of carbonyl (C=O) groups excluding carboxylic acids is 1. The number of benzene rings is 2. The Labute approximate surface area is 230 Å². The number of tetrazole rings is 1. The van der Waals surface area contributed by atoms with Crippen LogP contribution in [-0.2, 0) is 11.2 Å². The van der Waals surface area contributed by atoms with Crippen molar-refractivity contribution in [1.82, 2.24) is 39.7 Å². The molecule has 5 aromatic rings. The minimum atomic E-state index is -0.563. The van der Waals surface area contributed by atoms with Crippen molar-refractivity contribution in [2.45, 2.75) is 18.9 Å². The summed E-state index contributed by atoms with van der Waals surface area (Å²) in [6.45, 7) is 0. The molecule has 4 heterocycles. The van der Waals surface area contributed by atoms with Gasteiger partial charge in [0, 0.05) is 34.3 Å². The number of imidazole rings is 1. The second kappa shape index (κ2) is 9.97. The predicted octanol–water partition coefficient (Wildman–Crippen LogP) is 4.30. The number of anilines is 1. The predicted molar refractivity (Wildman–Crippen MR) is 143 cm³/mol. The van der Waals surface area contributed by atoms with Gasteiger partial charge in [0.15, 0.2) is 0 Å². The molecule has 0 unspecified atom stereocenters. The number of amides is 1. The number of carbonyl (C=O) groups is 1. The molecule has 0 saturated heterocycles. The van der Waals surface area contributed by atoms with Crippen molar-refractivity contribution in [2.75, 3.05) is 12.4 Å². The van der Waals surface area contributed by atoms with Crippen LogP contribution in [0.15, 0.2) is 59.7 Å². The average molecular weight is 564 g/mol. The lowest BCUT2D eigenvalue weighted by Crippen LogP contribution is -2.25. The molecule has 0 bridgehead atoms. The van der Waals surface area contributed by atoms with Crippen molar-refractivity contribution in [3.8, 4) is 28.2 Å². The number of hydrogen-bond donors (Lipinski definition) is 2. The van der Waals surface area contributed by atoms with Gasteiger partial charge in [0.1, 0.15) is 28.8 Å². The molecule has 196 valence electrons. The Morgan fingerprint density at radius 3 is 2.69 bits per heavy atom. The molecule has 12 nitrogen and oxygen atoms in total. The van der Waals surface area contributed by atoms with Gasteiger partial charge in [-0.25, -0.2) is 14.8 Å². The van der Waals surface area contributed by atoms with E-state index in [1.165, 1.54) is 24.2 Å². The second-order valence-corrected chi connectivity index (χ2v) is 9.53. The van der Waals surface area contributed by atoms with Crippen LogP contribution in [0.2, 0.25) is 10.2 Å². The number of aromatic amines is 1. The van der Waals surface area contributed by atoms with E-state index in [2.05, 4.69) is 30.6 Å². The van der Waals surface area contributed by atoms with Crippen molar-refractivity contribution >= 4 is 35.0 Å². The van der Waals surface area contributed by atoms with E-state index in [1.54, 1.807) is 47.0 Å². The number of rotatable bonds is 5. The van der Waals surface area contributed by atoms with Crippen molar-refractivity contribution in [3.63, 3.8) is 0 Å². The molecule has 14 heteroatoms. The third kappa shape index (κ3) is 4.64. The monoisotopic (exact) mass is 563 g/mol. The first-order valence-corrected chi connectivity index (χ1v) is 12.5. The largest absolute Gasteiger partial charge is 0.453 e. The van der Waals surface area contributed by atoms with Crippen LogP contribution in [-0.4, -0.2) is 52.9 Å². The SMILES string of the molecule is COC(=O)Nc1ccc(-c2nc([C@@H]3CCc4nc(-c5cc(Cl)ccc5-n5cnnn5)cc(=O)n43)[nH]c2Cl)cc1. The number of H-pyrrole nitrogens is 1. The minimum Gasteiger partial charge on any atom is -0.453 e. The van der Waals surface area contributed by atoms with E-state index in [4.69, 9.17) is 33.2 Å².